The van der Waals surface area contributed by atoms with E-state index in [1.807, 2.05) is 17.0 Å². The van der Waals surface area contributed by atoms with E-state index < -0.39 is 0 Å². The summed E-state index contributed by atoms with van der Waals surface area (Å²) < 4.78 is 0. The van der Waals surface area contributed by atoms with Gasteiger partial charge in [-0.05, 0) is 43.7 Å². The second kappa shape index (κ2) is 9.16. The summed E-state index contributed by atoms with van der Waals surface area (Å²) in [7, 11) is 0. The Bertz CT molecular complexity index is 478. The standard InChI is InChI=1S/C18H28N2O.ClH/c1-3-20(13-16-10-5-4-8-14(16)2)18(21)12-15-9-6-7-11-17(15)19;/h4-5,8,10,15,17H,3,6-7,9,11-13,19H2,1-2H3;1H. The molecule has 1 aliphatic rings. The van der Waals surface area contributed by atoms with E-state index in [-0.39, 0.29) is 24.4 Å². The van der Waals surface area contributed by atoms with Gasteiger partial charge in [-0.3, -0.25) is 4.79 Å². The number of hydrogen-bond donors (Lipinski definition) is 1. The van der Waals surface area contributed by atoms with Crippen molar-refractivity contribution in [3.8, 4) is 0 Å². The largest absolute Gasteiger partial charge is 0.339 e. The molecule has 124 valence electrons. The van der Waals surface area contributed by atoms with Crippen LogP contribution in [-0.2, 0) is 11.3 Å². The number of nitrogens with zero attached hydrogens (tertiary/aromatic N) is 1. The average Bonchev–Trinajstić information content (AvgIpc) is 2.48. The normalized spacial score (nSPS) is 21.0. The van der Waals surface area contributed by atoms with Crippen LogP contribution in [0.4, 0.5) is 0 Å². The zero-order chi connectivity index (χ0) is 15.2. The molecule has 2 rings (SSSR count). The van der Waals surface area contributed by atoms with Crippen molar-refractivity contribution < 1.29 is 4.79 Å². The van der Waals surface area contributed by atoms with Gasteiger partial charge in [-0.1, -0.05) is 37.1 Å². The van der Waals surface area contributed by atoms with Crippen LogP contribution >= 0.6 is 12.4 Å². The van der Waals surface area contributed by atoms with Crippen molar-refractivity contribution >= 4 is 18.3 Å². The van der Waals surface area contributed by atoms with Gasteiger partial charge in [0.05, 0.1) is 0 Å². The lowest BCUT2D eigenvalue weighted by molar-refractivity contribution is -0.133. The van der Waals surface area contributed by atoms with Crippen molar-refractivity contribution in [1.29, 1.82) is 0 Å². The van der Waals surface area contributed by atoms with E-state index in [0.717, 1.165) is 19.4 Å². The number of carbonyl (C=O) groups is 1. The molecule has 0 radical (unpaired) electrons. The molecule has 0 spiro atoms. The fourth-order valence-corrected chi connectivity index (χ4v) is 3.21. The second-order valence-electron chi connectivity index (χ2n) is 6.25. The predicted octanol–water partition coefficient (Wildman–Crippen LogP) is 3.67. The first-order chi connectivity index (χ1) is 10.1. The minimum atomic E-state index is 0. The van der Waals surface area contributed by atoms with Crippen LogP contribution in [0.2, 0.25) is 0 Å². The first-order valence-electron chi connectivity index (χ1n) is 8.19. The van der Waals surface area contributed by atoms with Crippen LogP contribution < -0.4 is 5.73 Å². The summed E-state index contributed by atoms with van der Waals surface area (Å²) in [5.74, 6) is 0.625. The van der Waals surface area contributed by atoms with E-state index in [2.05, 4.69) is 26.0 Å². The Morgan fingerprint density at radius 2 is 1.95 bits per heavy atom. The molecule has 22 heavy (non-hydrogen) atoms. The van der Waals surface area contributed by atoms with E-state index in [9.17, 15) is 4.79 Å². The molecule has 1 saturated carbocycles. The first-order valence-corrected chi connectivity index (χ1v) is 8.19. The van der Waals surface area contributed by atoms with Crippen LogP contribution in [0.25, 0.3) is 0 Å². The molecule has 2 unspecified atom stereocenters. The maximum absolute atomic E-state index is 12.6. The Morgan fingerprint density at radius 1 is 1.27 bits per heavy atom. The highest BCUT2D eigenvalue weighted by Gasteiger charge is 2.26. The molecule has 1 aromatic carbocycles. The minimum Gasteiger partial charge on any atom is -0.339 e. The maximum atomic E-state index is 12.6. The number of carbonyl (C=O) groups excluding carboxylic acids is 1. The Morgan fingerprint density at radius 3 is 2.59 bits per heavy atom. The van der Waals surface area contributed by atoms with E-state index in [0.29, 0.717) is 18.9 Å². The molecule has 1 amide bonds. The lowest BCUT2D eigenvalue weighted by Crippen LogP contribution is -2.38. The predicted molar refractivity (Wildman–Crippen MR) is 94.1 cm³/mol. The minimum absolute atomic E-state index is 0. The van der Waals surface area contributed by atoms with Gasteiger partial charge in [0.25, 0.3) is 0 Å². The van der Waals surface area contributed by atoms with E-state index in [4.69, 9.17) is 5.73 Å². The lowest BCUT2D eigenvalue weighted by atomic mass is 9.82. The van der Waals surface area contributed by atoms with Crippen molar-refractivity contribution in [3.63, 3.8) is 0 Å². The summed E-state index contributed by atoms with van der Waals surface area (Å²) in [6.45, 7) is 5.63. The van der Waals surface area contributed by atoms with Crippen molar-refractivity contribution in [2.45, 2.75) is 58.5 Å². The molecule has 0 saturated heterocycles. The summed E-state index contributed by atoms with van der Waals surface area (Å²) in [5, 5.41) is 0. The number of nitrogens with two attached hydrogens (primary N) is 1. The van der Waals surface area contributed by atoms with Crippen LogP contribution in [0.1, 0.15) is 50.2 Å². The van der Waals surface area contributed by atoms with Gasteiger partial charge >= 0.3 is 0 Å². The quantitative estimate of drug-likeness (QED) is 0.898. The number of benzene rings is 1. The molecule has 0 aliphatic heterocycles. The molecule has 4 heteroatoms. The molecule has 1 aromatic rings. The number of aryl methyl sites for hydroxylation is 1. The van der Waals surface area contributed by atoms with Gasteiger partial charge in [0.15, 0.2) is 0 Å². The van der Waals surface area contributed by atoms with E-state index >= 15 is 0 Å². The van der Waals surface area contributed by atoms with Gasteiger partial charge < -0.3 is 10.6 Å². The van der Waals surface area contributed by atoms with Crippen molar-refractivity contribution in [1.82, 2.24) is 4.90 Å². The van der Waals surface area contributed by atoms with Crippen molar-refractivity contribution in [3.05, 3.63) is 35.4 Å². The third-order valence-corrected chi connectivity index (χ3v) is 4.76. The van der Waals surface area contributed by atoms with Crippen LogP contribution in [-0.4, -0.2) is 23.4 Å². The van der Waals surface area contributed by atoms with Crippen molar-refractivity contribution in [2.24, 2.45) is 11.7 Å². The molecule has 1 fully saturated rings. The number of amides is 1. The molecule has 2 atom stereocenters. The number of rotatable bonds is 5. The zero-order valence-electron chi connectivity index (χ0n) is 13.8. The van der Waals surface area contributed by atoms with Crippen LogP contribution in [0.3, 0.4) is 0 Å². The van der Waals surface area contributed by atoms with Crippen LogP contribution in [0.5, 0.6) is 0 Å². The molecule has 0 bridgehead atoms. The summed E-state index contributed by atoms with van der Waals surface area (Å²) in [6, 6.07) is 8.50. The zero-order valence-corrected chi connectivity index (χ0v) is 14.6. The first kappa shape index (κ1) is 19.0. The fraction of sp³-hybridized carbons (Fsp3) is 0.611. The number of hydrogen-bond acceptors (Lipinski definition) is 2. The number of halogens is 1. The Labute approximate surface area is 140 Å². The third-order valence-electron chi connectivity index (χ3n) is 4.76. The molecule has 1 aliphatic carbocycles. The average molecular weight is 325 g/mol. The summed E-state index contributed by atoms with van der Waals surface area (Å²) in [5.41, 5.74) is 8.66. The van der Waals surface area contributed by atoms with Gasteiger partial charge in [0.2, 0.25) is 5.91 Å². The topological polar surface area (TPSA) is 46.3 Å². The fourth-order valence-electron chi connectivity index (χ4n) is 3.21. The van der Waals surface area contributed by atoms with Crippen LogP contribution in [0.15, 0.2) is 24.3 Å². The molecule has 3 nitrogen and oxygen atoms in total. The smallest absolute Gasteiger partial charge is 0.223 e. The summed E-state index contributed by atoms with van der Waals surface area (Å²) in [4.78, 5) is 14.5. The Kier molecular flexibility index (Phi) is 7.91. The maximum Gasteiger partial charge on any atom is 0.223 e. The lowest BCUT2D eigenvalue weighted by Gasteiger charge is -2.30. The summed E-state index contributed by atoms with van der Waals surface area (Å²) >= 11 is 0. The second-order valence-corrected chi connectivity index (χ2v) is 6.25. The monoisotopic (exact) mass is 324 g/mol. The molecule has 2 N–H and O–H groups in total. The van der Waals surface area contributed by atoms with E-state index in [1.54, 1.807) is 0 Å². The van der Waals surface area contributed by atoms with Crippen LogP contribution in [0, 0.1) is 12.8 Å². The van der Waals surface area contributed by atoms with Gasteiger partial charge in [-0.15, -0.1) is 12.4 Å². The highest BCUT2D eigenvalue weighted by atomic mass is 35.5. The Hall–Kier alpha value is -1.06. The van der Waals surface area contributed by atoms with Gasteiger partial charge in [0.1, 0.15) is 0 Å². The third kappa shape index (κ3) is 4.99. The molecule has 0 heterocycles. The molecule has 0 aromatic heterocycles. The SMILES string of the molecule is CCN(Cc1ccccc1C)C(=O)CC1CCCCC1N.Cl. The molecular weight excluding hydrogens is 296 g/mol. The summed E-state index contributed by atoms with van der Waals surface area (Å²) in [6.07, 6.45) is 5.22. The van der Waals surface area contributed by atoms with E-state index in [1.165, 1.54) is 24.0 Å². The highest BCUT2D eigenvalue weighted by molar-refractivity contribution is 5.85. The van der Waals surface area contributed by atoms with Gasteiger partial charge in [0, 0.05) is 25.6 Å². The van der Waals surface area contributed by atoms with Gasteiger partial charge in [-0.25, -0.2) is 0 Å². The highest BCUT2D eigenvalue weighted by Crippen LogP contribution is 2.26. The Balaban J connectivity index is 0.00000242. The van der Waals surface area contributed by atoms with Gasteiger partial charge in [-0.2, -0.15) is 0 Å². The van der Waals surface area contributed by atoms with Crippen molar-refractivity contribution in [2.75, 3.05) is 6.54 Å². The molecular formula is C18H29ClN2O.